The van der Waals surface area contributed by atoms with Crippen LogP contribution in [0.1, 0.15) is 142 Å². The van der Waals surface area contributed by atoms with Crippen molar-refractivity contribution in [3.8, 4) is 0 Å². The summed E-state index contributed by atoms with van der Waals surface area (Å²) in [5.41, 5.74) is 0. The number of unbranched alkanes of at least 4 members (excludes halogenated alkanes) is 15. The summed E-state index contributed by atoms with van der Waals surface area (Å²) in [4.78, 5) is 33.5. The normalized spacial score (nSPS) is 13.8. The van der Waals surface area contributed by atoms with Gasteiger partial charge in [0, 0.05) is 19.4 Å². The molecule has 1 amide bonds. The summed E-state index contributed by atoms with van der Waals surface area (Å²) in [6, 6.07) is 0. The van der Waals surface area contributed by atoms with E-state index in [1.807, 2.05) is 0 Å². The highest BCUT2D eigenvalue weighted by atomic mass is 31.2. The van der Waals surface area contributed by atoms with Crippen LogP contribution in [0.15, 0.2) is 12.2 Å². The molecule has 0 aliphatic heterocycles. The number of allylic oxidation sites excluding steroid dienone is 2. The molecule has 0 rings (SSSR count). The SMILES string of the molecule is CCCC/C=C\CCCCCCCC(=O)NCCOP(=O)(O)OCC(O)COC(=O)CCCCCCCCCCC. The molecule has 3 N–H and O–H groups in total. The summed E-state index contributed by atoms with van der Waals surface area (Å²) in [6.45, 7) is 3.45. The molecule has 0 aliphatic rings. The van der Waals surface area contributed by atoms with Gasteiger partial charge in [-0.1, -0.05) is 109 Å². The third-order valence-corrected chi connectivity index (χ3v) is 7.68. The lowest BCUT2D eigenvalue weighted by Crippen LogP contribution is -2.27. The second kappa shape index (κ2) is 28.9. The van der Waals surface area contributed by atoms with Gasteiger partial charge < -0.3 is 20.1 Å². The maximum atomic E-state index is 12.0. The smallest absolute Gasteiger partial charge is 0.463 e. The Morgan fingerprint density at radius 2 is 1.27 bits per heavy atom. The summed E-state index contributed by atoms with van der Waals surface area (Å²) in [5, 5.41) is 12.5. The van der Waals surface area contributed by atoms with E-state index >= 15 is 0 Å². The third-order valence-electron chi connectivity index (χ3n) is 6.70. The molecule has 0 aromatic rings. The number of ether oxygens (including phenoxy) is 1. The number of hydrogen-bond acceptors (Lipinski definition) is 7. The largest absolute Gasteiger partial charge is 0.472 e. The highest BCUT2D eigenvalue weighted by Crippen LogP contribution is 2.42. The minimum Gasteiger partial charge on any atom is -0.463 e. The topological polar surface area (TPSA) is 131 Å². The van der Waals surface area contributed by atoms with Crippen molar-refractivity contribution >= 4 is 19.7 Å². The van der Waals surface area contributed by atoms with Gasteiger partial charge >= 0.3 is 13.8 Å². The van der Waals surface area contributed by atoms with E-state index in [-0.39, 0.29) is 32.1 Å². The lowest BCUT2D eigenvalue weighted by Gasteiger charge is -2.15. The molecular weight excluding hydrogens is 545 g/mol. The Morgan fingerprint density at radius 3 is 1.90 bits per heavy atom. The Labute approximate surface area is 249 Å². The number of esters is 1. The van der Waals surface area contributed by atoms with Crippen molar-refractivity contribution < 1.29 is 37.9 Å². The van der Waals surface area contributed by atoms with Gasteiger partial charge in [-0.3, -0.25) is 18.6 Å². The molecule has 0 bridgehead atoms. The van der Waals surface area contributed by atoms with Crippen molar-refractivity contribution in [2.45, 2.75) is 148 Å². The quantitative estimate of drug-likeness (QED) is 0.0331. The van der Waals surface area contributed by atoms with Crippen molar-refractivity contribution in [1.82, 2.24) is 5.32 Å². The first-order chi connectivity index (χ1) is 19.8. The van der Waals surface area contributed by atoms with Crippen molar-refractivity contribution in [1.29, 1.82) is 0 Å². The summed E-state index contributed by atoms with van der Waals surface area (Å²) in [5.74, 6) is -0.530. The molecule has 0 radical (unpaired) electrons. The molecule has 9 nitrogen and oxygen atoms in total. The number of hydrogen-bond donors (Lipinski definition) is 3. The third kappa shape index (κ3) is 30.0. The lowest BCUT2D eigenvalue weighted by atomic mass is 10.1. The monoisotopic (exact) mass is 605 g/mol. The zero-order chi connectivity index (χ0) is 30.4. The van der Waals surface area contributed by atoms with Crippen LogP contribution in [-0.4, -0.2) is 54.3 Å². The van der Waals surface area contributed by atoms with Crippen LogP contribution in [0.25, 0.3) is 0 Å². The van der Waals surface area contributed by atoms with Crippen LogP contribution in [0.4, 0.5) is 0 Å². The molecule has 0 aromatic heterocycles. The Hall–Kier alpha value is -1.25. The van der Waals surface area contributed by atoms with E-state index in [0.29, 0.717) is 6.42 Å². The van der Waals surface area contributed by atoms with Gasteiger partial charge in [-0.15, -0.1) is 0 Å². The molecule has 0 heterocycles. The number of amides is 1. The molecular formula is C31H60NO8P. The fraction of sp³-hybridized carbons (Fsp3) is 0.871. The van der Waals surface area contributed by atoms with E-state index in [0.717, 1.165) is 51.4 Å². The van der Waals surface area contributed by atoms with Gasteiger partial charge in [-0.2, -0.15) is 0 Å². The number of phosphoric ester groups is 1. The van der Waals surface area contributed by atoms with Crippen molar-refractivity contribution in [3.63, 3.8) is 0 Å². The van der Waals surface area contributed by atoms with Gasteiger partial charge in [-0.05, 0) is 32.1 Å². The number of carbonyl (C=O) groups is 2. The number of aliphatic hydroxyl groups is 1. The van der Waals surface area contributed by atoms with Crippen LogP contribution < -0.4 is 5.32 Å². The fourth-order valence-corrected chi connectivity index (χ4v) is 4.94. The molecule has 242 valence electrons. The van der Waals surface area contributed by atoms with Crippen LogP contribution >= 0.6 is 7.82 Å². The molecule has 41 heavy (non-hydrogen) atoms. The molecule has 0 fully saturated rings. The van der Waals surface area contributed by atoms with Crippen molar-refractivity contribution in [3.05, 3.63) is 12.2 Å². The van der Waals surface area contributed by atoms with Gasteiger partial charge in [0.25, 0.3) is 0 Å². The van der Waals surface area contributed by atoms with Crippen LogP contribution in [0.2, 0.25) is 0 Å². The average molecular weight is 606 g/mol. The first-order valence-electron chi connectivity index (χ1n) is 16.2. The molecule has 2 atom stereocenters. The van der Waals surface area contributed by atoms with E-state index < -0.39 is 26.5 Å². The van der Waals surface area contributed by atoms with E-state index in [1.165, 1.54) is 64.2 Å². The summed E-state index contributed by atoms with van der Waals surface area (Å²) in [7, 11) is -4.40. The van der Waals surface area contributed by atoms with E-state index in [1.54, 1.807) is 0 Å². The van der Waals surface area contributed by atoms with Crippen LogP contribution in [0.3, 0.4) is 0 Å². The Morgan fingerprint density at radius 1 is 0.732 bits per heavy atom. The van der Waals surface area contributed by atoms with Gasteiger partial charge in [-0.25, -0.2) is 4.57 Å². The van der Waals surface area contributed by atoms with Gasteiger partial charge in [0.05, 0.1) is 13.2 Å². The predicted octanol–water partition coefficient (Wildman–Crippen LogP) is 7.54. The molecule has 2 unspecified atom stereocenters. The Balaban J connectivity index is 3.67. The molecule has 0 saturated heterocycles. The Bertz CT molecular complexity index is 704. The minimum absolute atomic E-state index is 0.0795. The standard InChI is InChI=1S/C31H60NO8P/c1-3-5-7-9-11-13-14-16-17-19-21-23-30(34)32-25-26-39-41(36,37)40-28-29(33)27-38-31(35)24-22-20-18-15-12-10-8-6-4-2/h9,11,29,33H,3-8,10,12-28H2,1-2H3,(H,32,34)(H,36,37)/b11-9-. The highest BCUT2D eigenvalue weighted by Gasteiger charge is 2.23. The van der Waals surface area contributed by atoms with Crippen molar-refractivity contribution in [2.75, 3.05) is 26.4 Å². The first-order valence-corrected chi connectivity index (χ1v) is 17.7. The molecule has 0 spiro atoms. The van der Waals surface area contributed by atoms with Gasteiger partial charge in [0.1, 0.15) is 12.7 Å². The van der Waals surface area contributed by atoms with Crippen LogP contribution in [0.5, 0.6) is 0 Å². The lowest BCUT2D eigenvalue weighted by molar-refractivity contribution is -0.147. The number of aliphatic hydroxyl groups excluding tert-OH is 1. The van der Waals surface area contributed by atoms with Gasteiger partial charge in [0.2, 0.25) is 5.91 Å². The second-order valence-corrected chi connectivity index (χ2v) is 12.2. The average Bonchev–Trinajstić information content (AvgIpc) is 2.95. The predicted molar refractivity (Wildman–Crippen MR) is 165 cm³/mol. The number of rotatable bonds is 30. The molecule has 0 aromatic carbocycles. The van der Waals surface area contributed by atoms with E-state index in [2.05, 4.69) is 31.3 Å². The molecule has 0 saturated carbocycles. The maximum absolute atomic E-state index is 12.0. The van der Waals surface area contributed by atoms with Crippen LogP contribution in [-0.2, 0) is 27.9 Å². The molecule has 0 aliphatic carbocycles. The first kappa shape index (κ1) is 39.8. The number of carbonyl (C=O) groups excluding carboxylic acids is 2. The summed E-state index contributed by atoms with van der Waals surface area (Å²) in [6.07, 6.45) is 24.4. The zero-order valence-electron chi connectivity index (χ0n) is 26.0. The van der Waals surface area contributed by atoms with E-state index in [4.69, 9.17) is 13.8 Å². The Kier molecular flexibility index (Phi) is 28.0. The van der Waals surface area contributed by atoms with Crippen molar-refractivity contribution in [2.24, 2.45) is 0 Å². The summed E-state index contributed by atoms with van der Waals surface area (Å²) >= 11 is 0. The van der Waals surface area contributed by atoms with Crippen LogP contribution in [0, 0.1) is 0 Å². The fourth-order valence-electron chi connectivity index (χ4n) is 4.18. The maximum Gasteiger partial charge on any atom is 0.472 e. The number of nitrogens with one attached hydrogen (secondary N) is 1. The van der Waals surface area contributed by atoms with Gasteiger partial charge in [0.15, 0.2) is 0 Å². The molecule has 10 heteroatoms. The number of phosphoric acid groups is 1. The highest BCUT2D eigenvalue weighted by molar-refractivity contribution is 7.47. The minimum atomic E-state index is -4.40. The van der Waals surface area contributed by atoms with E-state index in [9.17, 15) is 24.2 Å². The summed E-state index contributed by atoms with van der Waals surface area (Å²) < 4.78 is 26.6. The zero-order valence-corrected chi connectivity index (χ0v) is 26.9. The second-order valence-electron chi connectivity index (χ2n) is 10.8.